The van der Waals surface area contributed by atoms with Crippen LogP contribution in [0.25, 0.3) is 0 Å². The highest BCUT2D eigenvalue weighted by Gasteiger charge is 2.24. The molecule has 0 N–H and O–H groups in total. The number of likely N-dealkylation sites (tertiary alicyclic amines) is 1. The zero-order valence-electron chi connectivity index (χ0n) is 14.0. The van der Waals surface area contributed by atoms with Gasteiger partial charge in [0.05, 0.1) is 17.4 Å². The summed E-state index contributed by atoms with van der Waals surface area (Å²) in [6.45, 7) is 9.52. The molecule has 1 fully saturated rings. The third-order valence-corrected chi connectivity index (χ3v) is 4.40. The van der Waals surface area contributed by atoms with Crippen LogP contribution < -0.4 is 0 Å². The van der Waals surface area contributed by atoms with Crippen LogP contribution in [0, 0.1) is 0 Å². The van der Waals surface area contributed by atoms with Crippen molar-refractivity contribution in [2.45, 2.75) is 51.6 Å². The molecule has 3 heterocycles. The molecule has 1 saturated heterocycles. The van der Waals surface area contributed by atoms with Crippen LogP contribution >= 0.6 is 0 Å². The summed E-state index contributed by atoms with van der Waals surface area (Å²) in [7, 11) is 2.03. The Balaban J connectivity index is 1.66. The van der Waals surface area contributed by atoms with Crippen molar-refractivity contribution >= 4 is 0 Å². The normalized spacial score (nSPS) is 20.5. The Labute approximate surface area is 132 Å². The first kappa shape index (κ1) is 15.2. The average Bonchev–Trinajstić information content (AvgIpc) is 3.07. The summed E-state index contributed by atoms with van der Waals surface area (Å²) in [5.74, 6) is 0.568. The summed E-state index contributed by atoms with van der Waals surface area (Å²) >= 11 is 0. The standard InChI is InChI=1S/C16H26N6/c1-16(2,3)22-12-14(18-19-22)11-21-9-5-6-13(10-21)15-7-8-17-20(15)4/h7-8,12-13H,5-6,9-11H2,1-4H3. The molecule has 0 spiro atoms. The van der Waals surface area contributed by atoms with Crippen molar-refractivity contribution in [1.29, 1.82) is 0 Å². The maximum absolute atomic E-state index is 4.34. The lowest BCUT2D eigenvalue weighted by atomic mass is 9.94. The summed E-state index contributed by atoms with van der Waals surface area (Å²) in [6, 6.07) is 2.14. The van der Waals surface area contributed by atoms with E-state index in [-0.39, 0.29) is 5.54 Å². The molecule has 1 unspecified atom stereocenters. The Morgan fingerprint density at radius 1 is 1.32 bits per heavy atom. The number of nitrogens with zero attached hydrogens (tertiary/aromatic N) is 6. The topological polar surface area (TPSA) is 51.8 Å². The molecule has 0 aromatic carbocycles. The molecule has 6 heteroatoms. The Bertz CT molecular complexity index is 621. The van der Waals surface area contributed by atoms with Crippen LogP contribution in [0.5, 0.6) is 0 Å². The number of aryl methyl sites for hydroxylation is 1. The number of piperidine rings is 1. The quantitative estimate of drug-likeness (QED) is 0.872. The maximum atomic E-state index is 4.34. The van der Waals surface area contributed by atoms with Gasteiger partial charge in [0.25, 0.3) is 0 Å². The monoisotopic (exact) mass is 302 g/mol. The van der Waals surface area contributed by atoms with E-state index >= 15 is 0 Å². The van der Waals surface area contributed by atoms with E-state index in [1.807, 2.05) is 22.6 Å². The first-order valence-electron chi connectivity index (χ1n) is 8.05. The Morgan fingerprint density at radius 3 is 2.77 bits per heavy atom. The van der Waals surface area contributed by atoms with Crippen LogP contribution in [0.1, 0.15) is 50.9 Å². The van der Waals surface area contributed by atoms with Crippen LogP contribution in [0.4, 0.5) is 0 Å². The molecule has 0 aliphatic carbocycles. The lowest BCUT2D eigenvalue weighted by Crippen LogP contribution is -2.34. The zero-order valence-corrected chi connectivity index (χ0v) is 14.0. The van der Waals surface area contributed by atoms with Crippen molar-refractivity contribution < 1.29 is 0 Å². The first-order chi connectivity index (χ1) is 10.4. The highest BCUT2D eigenvalue weighted by Crippen LogP contribution is 2.27. The van der Waals surface area contributed by atoms with Crippen molar-refractivity contribution in [2.75, 3.05) is 13.1 Å². The molecule has 0 bridgehead atoms. The second kappa shape index (κ2) is 5.83. The van der Waals surface area contributed by atoms with E-state index in [9.17, 15) is 0 Å². The van der Waals surface area contributed by atoms with E-state index in [1.54, 1.807) is 0 Å². The lowest BCUT2D eigenvalue weighted by Gasteiger charge is -2.32. The molecule has 6 nitrogen and oxygen atoms in total. The van der Waals surface area contributed by atoms with Gasteiger partial charge in [0, 0.05) is 37.9 Å². The molecular weight excluding hydrogens is 276 g/mol. The minimum atomic E-state index is -0.00953. The zero-order chi connectivity index (χ0) is 15.7. The van der Waals surface area contributed by atoms with Gasteiger partial charge in [-0.25, -0.2) is 4.68 Å². The largest absolute Gasteiger partial charge is 0.297 e. The molecular formula is C16H26N6. The molecule has 2 aromatic rings. The van der Waals surface area contributed by atoms with Gasteiger partial charge in [0.2, 0.25) is 0 Å². The fraction of sp³-hybridized carbons (Fsp3) is 0.688. The molecule has 1 aliphatic rings. The average molecular weight is 302 g/mol. The molecule has 3 rings (SSSR count). The summed E-state index contributed by atoms with van der Waals surface area (Å²) in [5.41, 5.74) is 2.38. The third-order valence-electron chi connectivity index (χ3n) is 4.40. The maximum Gasteiger partial charge on any atom is 0.0967 e. The Morgan fingerprint density at radius 2 is 2.14 bits per heavy atom. The van der Waals surface area contributed by atoms with E-state index in [2.05, 4.69) is 53.3 Å². The number of hydrogen-bond donors (Lipinski definition) is 0. The van der Waals surface area contributed by atoms with Gasteiger partial charge < -0.3 is 0 Å². The number of rotatable bonds is 3. The minimum absolute atomic E-state index is 0.00953. The van der Waals surface area contributed by atoms with Crippen LogP contribution in [0.2, 0.25) is 0 Å². The molecule has 22 heavy (non-hydrogen) atoms. The van der Waals surface area contributed by atoms with Gasteiger partial charge in [-0.15, -0.1) is 5.10 Å². The van der Waals surface area contributed by atoms with Gasteiger partial charge in [-0.1, -0.05) is 5.21 Å². The highest BCUT2D eigenvalue weighted by molar-refractivity contribution is 5.09. The van der Waals surface area contributed by atoms with E-state index in [4.69, 9.17) is 0 Å². The second-order valence-corrected chi connectivity index (χ2v) is 7.28. The predicted octanol–water partition coefficient (Wildman–Crippen LogP) is 2.15. The van der Waals surface area contributed by atoms with Gasteiger partial charge in [-0.3, -0.25) is 9.58 Å². The predicted molar refractivity (Wildman–Crippen MR) is 85.5 cm³/mol. The summed E-state index contributed by atoms with van der Waals surface area (Å²) in [6.07, 6.45) is 6.44. The van der Waals surface area contributed by atoms with Crippen molar-refractivity contribution in [3.05, 3.63) is 29.8 Å². The Kier molecular flexibility index (Phi) is 4.04. The minimum Gasteiger partial charge on any atom is -0.297 e. The fourth-order valence-electron chi connectivity index (χ4n) is 3.15. The molecule has 0 amide bonds. The van der Waals surface area contributed by atoms with E-state index in [0.717, 1.165) is 25.3 Å². The molecule has 1 atom stereocenters. The Hall–Kier alpha value is -1.69. The molecule has 2 aromatic heterocycles. The molecule has 0 saturated carbocycles. The lowest BCUT2D eigenvalue weighted by molar-refractivity contribution is 0.194. The second-order valence-electron chi connectivity index (χ2n) is 7.28. The summed E-state index contributed by atoms with van der Waals surface area (Å²) in [5, 5.41) is 12.9. The van der Waals surface area contributed by atoms with Crippen LogP contribution in [0.15, 0.2) is 18.5 Å². The number of hydrogen-bond acceptors (Lipinski definition) is 4. The van der Waals surface area contributed by atoms with Gasteiger partial charge in [0.1, 0.15) is 0 Å². The van der Waals surface area contributed by atoms with Crippen LogP contribution in [-0.2, 0) is 19.1 Å². The highest BCUT2D eigenvalue weighted by atomic mass is 15.4. The van der Waals surface area contributed by atoms with Crippen LogP contribution in [0.3, 0.4) is 0 Å². The van der Waals surface area contributed by atoms with E-state index in [0.29, 0.717) is 5.92 Å². The molecule has 0 radical (unpaired) electrons. The summed E-state index contributed by atoms with van der Waals surface area (Å²) < 4.78 is 3.95. The van der Waals surface area contributed by atoms with Gasteiger partial charge in [-0.05, 0) is 46.2 Å². The van der Waals surface area contributed by atoms with Gasteiger partial charge in [-0.2, -0.15) is 5.10 Å². The van der Waals surface area contributed by atoms with E-state index < -0.39 is 0 Å². The van der Waals surface area contributed by atoms with Gasteiger partial charge >= 0.3 is 0 Å². The fourth-order valence-corrected chi connectivity index (χ4v) is 3.15. The van der Waals surface area contributed by atoms with Crippen molar-refractivity contribution in [3.8, 4) is 0 Å². The molecule has 120 valence electrons. The van der Waals surface area contributed by atoms with Crippen LogP contribution in [-0.4, -0.2) is 42.8 Å². The SMILES string of the molecule is Cn1nccc1C1CCCN(Cc2cn(C(C)(C)C)nn2)C1. The summed E-state index contributed by atoms with van der Waals surface area (Å²) in [4.78, 5) is 2.48. The van der Waals surface area contributed by atoms with Crippen molar-refractivity contribution in [2.24, 2.45) is 7.05 Å². The molecule has 1 aliphatic heterocycles. The third kappa shape index (κ3) is 3.21. The smallest absolute Gasteiger partial charge is 0.0967 e. The van der Waals surface area contributed by atoms with Gasteiger partial charge in [0.15, 0.2) is 0 Å². The number of aromatic nitrogens is 5. The van der Waals surface area contributed by atoms with E-state index in [1.165, 1.54) is 18.5 Å². The van der Waals surface area contributed by atoms with Crippen molar-refractivity contribution in [3.63, 3.8) is 0 Å². The first-order valence-corrected chi connectivity index (χ1v) is 8.05. The van der Waals surface area contributed by atoms with Crippen molar-refractivity contribution in [1.82, 2.24) is 29.7 Å².